The first-order chi connectivity index (χ1) is 17.3. The third-order valence-electron chi connectivity index (χ3n) is 6.14. The molecule has 3 aromatic heterocycles. The molecule has 1 saturated heterocycles. The van der Waals surface area contributed by atoms with Gasteiger partial charge in [-0.2, -0.15) is 13.2 Å². The van der Waals surface area contributed by atoms with Crippen LogP contribution in [0.2, 0.25) is 0 Å². The molecule has 1 aliphatic heterocycles. The molecule has 0 aliphatic carbocycles. The van der Waals surface area contributed by atoms with E-state index in [1.54, 1.807) is 0 Å². The van der Waals surface area contributed by atoms with Crippen LogP contribution in [0.1, 0.15) is 28.4 Å². The summed E-state index contributed by atoms with van der Waals surface area (Å²) < 4.78 is 46.6. The van der Waals surface area contributed by atoms with Gasteiger partial charge in [-0.3, -0.25) is 9.78 Å². The van der Waals surface area contributed by atoms with Crippen LogP contribution in [0.15, 0.2) is 61.2 Å². The summed E-state index contributed by atoms with van der Waals surface area (Å²) in [6.07, 6.45) is 0.00168. The van der Waals surface area contributed by atoms with Crippen LogP contribution in [-0.2, 0) is 28.7 Å². The average molecular weight is 496 g/mol. The van der Waals surface area contributed by atoms with Crippen LogP contribution < -0.4 is 10.6 Å². The highest BCUT2D eigenvalue weighted by Crippen LogP contribution is 2.34. The number of primary amides is 1. The molecule has 1 atom stereocenters. The van der Waals surface area contributed by atoms with Crippen LogP contribution in [0.3, 0.4) is 0 Å². The molecule has 186 valence electrons. The lowest BCUT2D eigenvalue weighted by molar-refractivity contribution is -0.137. The zero-order valence-electron chi connectivity index (χ0n) is 19.2. The second-order valence-electron chi connectivity index (χ2n) is 8.59. The van der Waals surface area contributed by atoms with Crippen molar-refractivity contribution in [3.05, 3.63) is 83.6 Å². The van der Waals surface area contributed by atoms with Crippen molar-refractivity contribution < 1.29 is 22.7 Å². The van der Waals surface area contributed by atoms with Gasteiger partial charge in [0.1, 0.15) is 17.8 Å². The minimum atomic E-state index is -4.45. The zero-order chi connectivity index (χ0) is 25.3. The summed E-state index contributed by atoms with van der Waals surface area (Å²) in [5, 5.41) is 0.821. The number of nitrogens with two attached hydrogens (primary N) is 1. The Bertz CT molecular complexity index is 1370. The monoisotopic (exact) mass is 496 g/mol. The van der Waals surface area contributed by atoms with Crippen LogP contribution >= 0.6 is 0 Å². The molecule has 1 unspecified atom stereocenters. The van der Waals surface area contributed by atoms with E-state index in [4.69, 9.17) is 10.5 Å². The van der Waals surface area contributed by atoms with Crippen molar-refractivity contribution >= 4 is 22.8 Å². The van der Waals surface area contributed by atoms with E-state index >= 15 is 0 Å². The number of carbonyl (C=O) groups is 1. The molecule has 11 heteroatoms. The maximum atomic E-state index is 13.0. The highest BCUT2D eigenvalue weighted by Gasteiger charge is 2.33. The summed E-state index contributed by atoms with van der Waals surface area (Å²) in [4.78, 5) is 26.2. The van der Waals surface area contributed by atoms with Gasteiger partial charge in [0.25, 0.3) is 0 Å². The van der Waals surface area contributed by atoms with Gasteiger partial charge < -0.3 is 19.9 Å². The van der Waals surface area contributed by atoms with Crippen molar-refractivity contribution in [1.82, 2.24) is 19.5 Å². The molecule has 0 saturated carbocycles. The molecule has 1 amide bonds. The van der Waals surface area contributed by atoms with Gasteiger partial charge in [-0.15, -0.1) is 0 Å². The molecule has 4 heterocycles. The van der Waals surface area contributed by atoms with Crippen molar-refractivity contribution in [2.75, 3.05) is 24.7 Å². The van der Waals surface area contributed by atoms with E-state index < -0.39 is 11.7 Å². The number of halogens is 3. The van der Waals surface area contributed by atoms with E-state index in [0.717, 1.165) is 34.4 Å². The van der Waals surface area contributed by atoms with Gasteiger partial charge in [-0.05, 0) is 29.3 Å². The van der Waals surface area contributed by atoms with E-state index in [9.17, 15) is 18.0 Å². The summed E-state index contributed by atoms with van der Waals surface area (Å²) in [6.45, 7) is 1.80. The highest BCUT2D eigenvalue weighted by atomic mass is 19.4. The third kappa shape index (κ3) is 4.87. The van der Waals surface area contributed by atoms with Gasteiger partial charge in [-0.25, -0.2) is 9.97 Å². The molecule has 4 aromatic rings. The number of hydrogen-bond donors (Lipinski definition) is 1. The highest BCUT2D eigenvalue weighted by molar-refractivity contribution is 5.88. The number of nitrogens with zero attached hydrogens (tertiary/aromatic N) is 5. The Balaban J connectivity index is 1.43. The Kier molecular flexibility index (Phi) is 6.31. The minimum Gasteiger partial charge on any atom is -0.377 e. The number of morpholine rings is 1. The fraction of sp³-hybridized carbons (Fsp3) is 0.280. The summed E-state index contributed by atoms with van der Waals surface area (Å²) >= 11 is 0. The zero-order valence-corrected chi connectivity index (χ0v) is 19.2. The van der Waals surface area contributed by atoms with E-state index in [-0.39, 0.29) is 25.0 Å². The van der Waals surface area contributed by atoms with Crippen LogP contribution in [-0.4, -0.2) is 45.2 Å². The van der Waals surface area contributed by atoms with Gasteiger partial charge in [-0.1, -0.05) is 24.3 Å². The maximum absolute atomic E-state index is 13.0. The predicted octanol–water partition coefficient (Wildman–Crippen LogP) is 3.50. The number of ether oxygens (including phenoxy) is 1. The molecule has 5 rings (SSSR count). The van der Waals surface area contributed by atoms with Gasteiger partial charge >= 0.3 is 6.18 Å². The molecule has 0 spiro atoms. The minimum absolute atomic E-state index is 0.192. The fourth-order valence-corrected chi connectivity index (χ4v) is 4.38. The van der Waals surface area contributed by atoms with E-state index in [2.05, 4.69) is 15.0 Å². The summed E-state index contributed by atoms with van der Waals surface area (Å²) in [5.41, 5.74) is 7.55. The number of pyridine rings is 1. The van der Waals surface area contributed by atoms with Gasteiger partial charge in [0, 0.05) is 25.5 Å². The van der Waals surface area contributed by atoms with Crippen LogP contribution in [0.25, 0.3) is 11.0 Å². The number of hydrogen-bond acceptors (Lipinski definition) is 6. The largest absolute Gasteiger partial charge is 0.417 e. The lowest BCUT2D eigenvalue weighted by atomic mass is 10.1. The standard InChI is InChI=1S/C25H23F3N6O2/c26-25(27,28)18-5-6-20(30-12-18)21-14-36-10-9-34(21)24-19-7-8-33(23(19)31-15-32-24)13-17-3-1-16(2-4-17)11-22(29)35/h1-8,12,15,21H,9-11,13-14H2,(H2,29,35). The number of amides is 1. The Labute approximate surface area is 204 Å². The average Bonchev–Trinajstić information content (AvgIpc) is 3.27. The SMILES string of the molecule is NC(=O)Cc1ccc(Cn2ccc3c(N4CCOCC4c4ccc(C(F)(F)F)cn4)ncnc32)cc1. The predicted molar refractivity (Wildman–Crippen MR) is 126 cm³/mol. The Hall–Kier alpha value is -3.99. The number of alkyl halides is 3. The van der Waals surface area contributed by atoms with Crippen molar-refractivity contribution in [2.24, 2.45) is 5.73 Å². The molecule has 0 radical (unpaired) electrons. The molecular formula is C25H23F3N6O2. The van der Waals surface area contributed by atoms with E-state index in [0.29, 0.717) is 31.2 Å². The Morgan fingerprint density at radius 3 is 2.53 bits per heavy atom. The summed E-state index contributed by atoms with van der Waals surface area (Å²) in [7, 11) is 0. The first kappa shape index (κ1) is 23.7. The molecule has 1 aromatic carbocycles. The number of benzene rings is 1. The van der Waals surface area contributed by atoms with E-state index in [1.807, 2.05) is 46.0 Å². The lowest BCUT2D eigenvalue weighted by Crippen LogP contribution is -2.40. The van der Waals surface area contributed by atoms with Crippen LogP contribution in [0, 0.1) is 0 Å². The number of aromatic nitrogens is 4. The van der Waals surface area contributed by atoms with Crippen molar-refractivity contribution in [3.8, 4) is 0 Å². The maximum Gasteiger partial charge on any atom is 0.417 e. The second-order valence-corrected chi connectivity index (χ2v) is 8.59. The smallest absolute Gasteiger partial charge is 0.377 e. The molecule has 8 nitrogen and oxygen atoms in total. The second kappa shape index (κ2) is 9.57. The first-order valence-electron chi connectivity index (χ1n) is 11.3. The van der Waals surface area contributed by atoms with Gasteiger partial charge in [0.2, 0.25) is 5.91 Å². The van der Waals surface area contributed by atoms with Crippen molar-refractivity contribution in [1.29, 1.82) is 0 Å². The van der Waals surface area contributed by atoms with Gasteiger partial charge in [0.05, 0.1) is 42.3 Å². The molecule has 1 fully saturated rings. The molecule has 2 N–H and O–H groups in total. The van der Waals surface area contributed by atoms with Crippen LogP contribution in [0.5, 0.6) is 0 Å². The normalized spacial score (nSPS) is 16.4. The number of rotatable bonds is 6. The molecule has 1 aliphatic rings. The third-order valence-corrected chi connectivity index (χ3v) is 6.14. The quantitative estimate of drug-likeness (QED) is 0.439. The lowest BCUT2D eigenvalue weighted by Gasteiger charge is -2.36. The topological polar surface area (TPSA) is 99.2 Å². The Morgan fingerprint density at radius 2 is 1.83 bits per heavy atom. The van der Waals surface area contributed by atoms with Gasteiger partial charge in [0.15, 0.2) is 0 Å². The Morgan fingerprint density at radius 1 is 1.06 bits per heavy atom. The fourth-order valence-electron chi connectivity index (χ4n) is 4.38. The summed E-state index contributed by atoms with van der Waals surface area (Å²) in [5.74, 6) is 0.293. The van der Waals surface area contributed by atoms with Crippen molar-refractivity contribution in [3.63, 3.8) is 0 Å². The summed E-state index contributed by atoms with van der Waals surface area (Å²) in [6, 6.07) is 11.6. The van der Waals surface area contributed by atoms with Crippen molar-refractivity contribution in [2.45, 2.75) is 25.2 Å². The molecule has 0 bridgehead atoms. The van der Waals surface area contributed by atoms with E-state index in [1.165, 1.54) is 12.4 Å². The molecular weight excluding hydrogens is 473 g/mol. The number of carbonyl (C=O) groups excluding carboxylic acids is 1. The first-order valence-corrected chi connectivity index (χ1v) is 11.3. The molecule has 36 heavy (non-hydrogen) atoms. The number of anilines is 1. The van der Waals surface area contributed by atoms with Crippen LogP contribution in [0.4, 0.5) is 19.0 Å². The number of fused-ring (bicyclic) bond motifs is 1.